The Morgan fingerprint density at radius 3 is 2.73 bits per heavy atom. The fraction of sp³-hybridized carbons (Fsp3) is 0.636. The van der Waals surface area contributed by atoms with Crippen LogP contribution in [0.25, 0.3) is 0 Å². The number of hydrogen-bond donors (Lipinski definition) is 2. The van der Waals surface area contributed by atoms with Crippen molar-refractivity contribution in [1.82, 2.24) is 0 Å². The van der Waals surface area contributed by atoms with Gasteiger partial charge in [-0.1, -0.05) is 57.1 Å². The molecule has 0 heterocycles. The number of aliphatic hydroxyl groups is 1. The number of ketones is 1. The maximum absolute atomic E-state index is 12.1. The number of aliphatic carboxylic acids is 1. The molecule has 0 bridgehead atoms. The maximum atomic E-state index is 12.1. The average Bonchev–Trinajstić information content (AvgIpc) is 3.32. The predicted molar refractivity (Wildman–Crippen MR) is 103 cm³/mol. The van der Waals surface area contributed by atoms with E-state index >= 15 is 0 Å². The molecule has 26 heavy (non-hydrogen) atoms. The highest BCUT2D eigenvalue weighted by atomic mass is 16.4. The first-order valence-electron chi connectivity index (χ1n) is 9.90. The molecule has 1 fully saturated rings. The van der Waals surface area contributed by atoms with Gasteiger partial charge in [0.05, 0.1) is 12.0 Å². The van der Waals surface area contributed by atoms with E-state index < -0.39 is 12.1 Å². The molecule has 0 aliphatic heterocycles. The van der Waals surface area contributed by atoms with Crippen LogP contribution in [0, 0.1) is 29.6 Å². The first-order chi connectivity index (χ1) is 12.4. The number of rotatable bonds is 11. The lowest BCUT2D eigenvalue weighted by atomic mass is 9.89. The SMILES string of the molecule is CCCC[C@@H](C)[C@H](O)/C=C/[C@H]1C=CC(=O)[C@@H]1C/C=C\CC1CC1C(=O)O. The third-order valence-electron chi connectivity index (χ3n) is 5.67. The van der Waals surface area contributed by atoms with Crippen molar-refractivity contribution < 1.29 is 19.8 Å². The zero-order chi connectivity index (χ0) is 19.1. The Kier molecular flexibility index (Phi) is 7.83. The first-order valence-corrected chi connectivity index (χ1v) is 9.90. The van der Waals surface area contributed by atoms with Crippen LogP contribution in [0.5, 0.6) is 0 Å². The molecule has 0 aromatic carbocycles. The van der Waals surface area contributed by atoms with E-state index in [1.807, 2.05) is 30.4 Å². The van der Waals surface area contributed by atoms with Crippen LogP contribution < -0.4 is 0 Å². The van der Waals surface area contributed by atoms with Crippen molar-refractivity contribution in [3.8, 4) is 0 Å². The summed E-state index contributed by atoms with van der Waals surface area (Å²) in [5.74, 6) is -0.324. The number of allylic oxidation sites excluding steroid dienone is 5. The fourth-order valence-electron chi connectivity index (χ4n) is 3.58. The topological polar surface area (TPSA) is 74.6 Å². The number of hydrogen-bond acceptors (Lipinski definition) is 3. The van der Waals surface area contributed by atoms with Crippen molar-refractivity contribution in [3.05, 3.63) is 36.5 Å². The van der Waals surface area contributed by atoms with Crippen LogP contribution in [0.15, 0.2) is 36.5 Å². The van der Waals surface area contributed by atoms with E-state index in [2.05, 4.69) is 13.8 Å². The van der Waals surface area contributed by atoms with Crippen LogP contribution >= 0.6 is 0 Å². The molecule has 0 aromatic rings. The minimum Gasteiger partial charge on any atom is -0.481 e. The highest BCUT2D eigenvalue weighted by Crippen LogP contribution is 2.41. The van der Waals surface area contributed by atoms with Gasteiger partial charge in [0, 0.05) is 11.8 Å². The molecule has 2 rings (SSSR count). The molecular weight excluding hydrogens is 328 g/mol. The minimum atomic E-state index is -0.699. The predicted octanol–water partition coefficient (Wildman–Crippen LogP) is 4.16. The molecule has 2 unspecified atom stereocenters. The Balaban J connectivity index is 1.79. The third-order valence-corrected chi connectivity index (χ3v) is 5.67. The van der Waals surface area contributed by atoms with Gasteiger partial charge in [-0.15, -0.1) is 0 Å². The molecule has 2 aliphatic rings. The quantitative estimate of drug-likeness (QED) is 0.543. The number of carboxylic acids is 1. The number of unbranched alkanes of at least 4 members (excludes halogenated alkanes) is 1. The van der Waals surface area contributed by atoms with Gasteiger partial charge in [0.25, 0.3) is 0 Å². The van der Waals surface area contributed by atoms with Crippen LogP contribution in [-0.4, -0.2) is 28.1 Å². The van der Waals surface area contributed by atoms with Crippen LogP contribution in [0.4, 0.5) is 0 Å². The van der Waals surface area contributed by atoms with Crippen LogP contribution in [-0.2, 0) is 9.59 Å². The number of carbonyl (C=O) groups excluding carboxylic acids is 1. The second-order valence-electron chi connectivity index (χ2n) is 7.82. The summed E-state index contributed by atoms with van der Waals surface area (Å²) in [7, 11) is 0. The standard InChI is InChI=1S/C22H32O4/c1-3-4-7-15(2)20(23)12-10-16-11-13-21(24)18(16)9-6-5-8-17-14-19(17)22(25)26/h5-6,10-13,15-20,23H,3-4,7-9,14H2,1-2H3,(H,25,26)/b6-5-,12-10+/t15-,16+,17?,18-,19?,20-/m1/s1. The summed E-state index contributed by atoms with van der Waals surface area (Å²) in [5, 5.41) is 19.2. The summed E-state index contributed by atoms with van der Waals surface area (Å²) in [6.07, 6.45) is 16.4. The van der Waals surface area contributed by atoms with Crippen molar-refractivity contribution in [2.45, 2.75) is 58.5 Å². The lowest BCUT2D eigenvalue weighted by molar-refractivity contribution is -0.138. The van der Waals surface area contributed by atoms with E-state index in [9.17, 15) is 14.7 Å². The van der Waals surface area contributed by atoms with Crippen molar-refractivity contribution in [1.29, 1.82) is 0 Å². The normalized spacial score (nSPS) is 30.3. The summed E-state index contributed by atoms with van der Waals surface area (Å²) < 4.78 is 0. The van der Waals surface area contributed by atoms with Gasteiger partial charge in [0.2, 0.25) is 0 Å². The minimum absolute atomic E-state index is 0.0351. The van der Waals surface area contributed by atoms with E-state index in [0.717, 1.165) is 32.1 Å². The molecule has 0 aromatic heterocycles. The Hall–Kier alpha value is -1.68. The van der Waals surface area contributed by atoms with Gasteiger partial charge in [0.1, 0.15) is 0 Å². The van der Waals surface area contributed by atoms with Gasteiger partial charge in [0.15, 0.2) is 5.78 Å². The van der Waals surface area contributed by atoms with Crippen LogP contribution in [0.1, 0.15) is 52.4 Å². The lowest BCUT2D eigenvalue weighted by Gasteiger charge is -2.17. The summed E-state index contributed by atoms with van der Waals surface area (Å²) >= 11 is 0. The summed E-state index contributed by atoms with van der Waals surface area (Å²) in [6.45, 7) is 4.20. The highest BCUT2D eigenvalue weighted by Gasteiger charge is 2.41. The smallest absolute Gasteiger partial charge is 0.306 e. The zero-order valence-electron chi connectivity index (χ0n) is 15.9. The molecule has 144 valence electrons. The van der Waals surface area contributed by atoms with E-state index in [0.29, 0.717) is 6.42 Å². The summed E-state index contributed by atoms with van der Waals surface area (Å²) in [4.78, 5) is 22.9. The number of carboxylic acid groups (broad SMARTS) is 1. The number of carbonyl (C=O) groups is 2. The molecular formula is C22H32O4. The van der Waals surface area contributed by atoms with E-state index in [-0.39, 0.29) is 35.4 Å². The summed E-state index contributed by atoms with van der Waals surface area (Å²) in [6, 6.07) is 0. The molecule has 2 aliphatic carbocycles. The molecule has 6 atom stereocenters. The van der Waals surface area contributed by atoms with Gasteiger partial charge < -0.3 is 10.2 Å². The Morgan fingerprint density at radius 1 is 1.35 bits per heavy atom. The van der Waals surface area contributed by atoms with Gasteiger partial charge in [-0.05, 0) is 43.6 Å². The van der Waals surface area contributed by atoms with Gasteiger partial charge in [-0.25, -0.2) is 0 Å². The summed E-state index contributed by atoms with van der Waals surface area (Å²) in [5.41, 5.74) is 0. The Bertz CT molecular complexity index is 575. The average molecular weight is 360 g/mol. The fourth-order valence-corrected chi connectivity index (χ4v) is 3.58. The monoisotopic (exact) mass is 360 g/mol. The first kappa shape index (κ1) is 20.6. The largest absolute Gasteiger partial charge is 0.481 e. The van der Waals surface area contributed by atoms with E-state index in [1.54, 1.807) is 6.08 Å². The van der Waals surface area contributed by atoms with Crippen molar-refractivity contribution in [2.75, 3.05) is 0 Å². The van der Waals surface area contributed by atoms with E-state index in [1.165, 1.54) is 0 Å². The van der Waals surface area contributed by atoms with Crippen molar-refractivity contribution >= 4 is 11.8 Å². The van der Waals surface area contributed by atoms with Gasteiger partial charge in [-0.2, -0.15) is 0 Å². The molecule has 0 spiro atoms. The zero-order valence-corrected chi connectivity index (χ0v) is 15.9. The van der Waals surface area contributed by atoms with Gasteiger partial charge >= 0.3 is 5.97 Å². The third kappa shape index (κ3) is 5.94. The second-order valence-corrected chi connectivity index (χ2v) is 7.82. The van der Waals surface area contributed by atoms with Crippen molar-refractivity contribution in [2.24, 2.45) is 29.6 Å². The maximum Gasteiger partial charge on any atom is 0.306 e. The van der Waals surface area contributed by atoms with Crippen molar-refractivity contribution in [3.63, 3.8) is 0 Å². The molecule has 4 nitrogen and oxygen atoms in total. The lowest BCUT2D eigenvalue weighted by Crippen LogP contribution is -2.17. The van der Waals surface area contributed by atoms with E-state index in [4.69, 9.17) is 5.11 Å². The molecule has 0 amide bonds. The molecule has 0 radical (unpaired) electrons. The Morgan fingerprint density at radius 2 is 2.08 bits per heavy atom. The van der Waals surface area contributed by atoms with Crippen LogP contribution in [0.2, 0.25) is 0 Å². The number of aliphatic hydroxyl groups excluding tert-OH is 1. The molecule has 2 N–H and O–H groups in total. The molecule has 1 saturated carbocycles. The highest BCUT2D eigenvalue weighted by molar-refractivity contribution is 5.95. The van der Waals surface area contributed by atoms with Crippen LogP contribution in [0.3, 0.4) is 0 Å². The molecule has 4 heteroatoms. The Labute approximate surface area is 156 Å². The second kappa shape index (κ2) is 9.86. The van der Waals surface area contributed by atoms with Gasteiger partial charge in [-0.3, -0.25) is 9.59 Å². The molecule has 0 saturated heterocycles.